The van der Waals surface area contributed by atoms with Crippen LogP contribution in [-0.2, 0) is 0 Å². The predicted octanol–water partition coefficient (Wildman–Crippen LogP) is 3.18. The zero-order valence-corrected chi connectivity index (χ0v) is 12.1. The predicted molar refractivity (Wildman–Crippen MR) is 80.2 cm³/mol. The van der Waals surface area contributed by atoms with Crippen molar-refractivity contribution in [3.05, 3.63) is 22.8 Å². The van der Waals surface area contributed by atoms with Gasteiger partial charge < -0.3 is 10.6 Å². The average Bonchev–Trinajstić information content (AvgIpc) is 2.63. The Bertz CT molecular complexity index is 461. The molecule has 1 saturated heterocycles. The Hall–Kier alpha value is -1.29. The minimum absolute atomic E-state index is 0.00322. The van der Waals surface area contributed by atoms with Crippen LogP contribution in [0.25, 0.3) is 0 Å². The first-order valence-corrected chi connectivity index (χ1v) is 7.28. The molecular weight excluding hydrogens is 260 g/mol. The van der Waals surface area contributed by atoms with E-state index in [4.69, 9.17) is 22.7 Å². The van der Waals surface area contributed by atoms with Crippen LogP contribution in [0, 0.1) is 5.41 Å². The van der Waals surface area contributed by atoms with E-state index in [1.54, 1.807) is 12.3 Å². The second kappa shape index (κ2) is 6.24. The number of amidine groups is 1. The van der Waals surface area contributed by atoms with Crippen LogP contribution in [0.3, 0.4) is 0 Å². The summed E-state index contributed by atoms with van der Waals surface area (Å²) >= 11 is 6.39. The molecule has 5 heteroatoms. The van der Waals surface area contributed by atoms with Gasteiger partial charge in [-0.05, 0) is 25.3 Å². The molecule has 1 aliphatic heterocycles. The first-order chi connectivity index (χ1) is 9.15. The summed E-state index contributed by atoms with van der Waals surface area (Å²) in [5.74, 6) is 0.777. The number of nitrogens with zero attached hydrogens (tertiary/aromatic N) is 2. The summed E-state index contributed by atoms with van der Waals surface area (Å²) in [5, 5.41) is 8.08. The van der Waals surface area contributed by atoms with E-state index in [2.05, 4.69) is 16.8 Å². The third kappa shape index (κ3) is 3.00. The highest BCUT2D eigenvalue weighted by Crippen LogP contribution is 2.31. The fraction of sp³-hybridized carbons (Fsp3) is 0.571. The van der Waals surface area contributed by atoms with Crippen molar-refractivity contribution < 1.29 is 0 Å². The van der Waals surface area contributed by atoms with Crippen molar-refractivity contribution in [1.82, 2.24) is 4.98 Å². The lowest BCUT2D eigenvalue weighted by Crippen LogP contribution is -2.35. The van der Waals surface area contributed by atoms with Gasteiger partial charge in [0.1, 0.15) is 11.7 Å². The van der Waals surface area contributed by atoms with Gasteiger partial charge >= 0.3 is 0 Å². The largest absolute Gasteiger partial charge is 0.384 e. The molecule has 0 aliphatic carbocycles. The minimum Gasteiger partial charge on any atom is -0.384 e. The highest BCUT2D eigenvalue weighted by molar-refractivity contribution is 6.36. The number of nitrogens with one attached hydrogen (secondary N) is 1. The molecule has 104 valence electrons. The molecule has 1 atom stereocenters. The van der Waals surface area contributed by atoms with E-state index in [-0.39, 0.29) is 5.84 Å². The Morgan fingerprint density at radius 3 is 3.00 bits per heavy atom. The van der Waals surface area contributed by atoms with E-state index in [0.717, 1.165) is 18.8 Å². The van der Waals surface area contributed by atoms with Crippen LogP contribution in [0.1, 0.15) is 44.6 Å². The van der Waals surface area contributed by atoms with E-state index in [1.165, 1.54) is 25.7 Å². The summed E-state index contributed by atoms with van der Waals surface area (Å²) < 4.78 is 0. The number of rotatable bonds is 3. The maximum absolute atomic E-state index is 7.57. The van der Waals surface area contributed by atoms with Gasteiger partial charge in [-0.25, -0.2) is 4.98 Å². The maximum atomic E-state index is 7.57. The number of halogens is 1. The van der Waals surface area contributed by atoms with Crippen molar-refractivity contribution in [2.45, 2.75) is 45.1 Å². The van der Waals surface area contributed by atoms with Gasteiger partial charge in [-0.15, -0.1) is 0 Å². The number of hydrogen-bond acceptors (Lipinski definition) is 3. The molecule has 1 aromatic heterocycles. The Kier molecular flexibility index (Phi) is 4.64. The molecule has 1 aliphatic rings. The van der Waals surface area contributed by atoms with Crippen LogP contribution in [0.15, 0.2) is 12.3 Å². The molecule has 0 spiro atoms. The van der Waals surface area contributed by atoms with Crippen molar-refractivity contribution in [3.63, 3.8) is 0 Å². The van der Waals surface area contributed by atoms with Crippen LogP contribution in [0.5, 0.6) is 0 Å². The third-order valence-corrected chi connectivity index (χ3v) is 4.15. The molecule has 2 heterocycles. The first kappa shape index (κ1) is 14.1. The summed E-state index contributed by atoms with van der Waals surface area (Å²) in [6.45, 7) is 3.18. The second-order valence-electron chi connectivity index (χ2n) is 5.01. The summed E-state index contributed by atoms with van der Waals surface area (Å²) in [6.07, 6.45) is 7.64. The maximum Gasteiger partial charge on any atom is 0.148 e. The summed E-state index contributed by atoms with van der Waals surface area (Å²) in [7, 11) is 0. The molecule has 0 radical (unpaired) electrons. The Balaban J connectivity index is 2.38. The van der Waals surface area contributed by atoms with Gasteiger partial charge in [-0.2, -0.15) is 0 Å². The number of nitrogen functional groups attached to an aromatic ring is 1. The van der Waals surface area contributed by atoms with Crippen LogP contribution in [0.2, 0.25) is 5.02 Å². The highest BCUT2D eigenvalue weighted by Gasteiger charge is 2.24. The zero-order valence-electron chi connectivity index (χ0n) is 11.3. The second-order valence-corrected chi connectivity index (χ2v) is 5.39. The lowest BCUT2D eigenvalue weighted by molar-refractivity contribution is 0.552. The number of aromatic nitrogens is 1. The van der Waals surface area contributed by atoms with Crippen LogP contribution >= 0.6 is 11.6 Å². The standard InChI is InChI=1S/C14H21ClN4/c1-2-10-6-4-3-5-9-19(10)14-12(15)11(13(16)17)7-8-18-14/h7-8,10H,2-6,9H2,1H3,(H3,16,17). The van der Waals surface area contributed by atoms with Crippen molar-refractivity contribution >= 4 is 23.3 Å². The van der Waals surface area contributed by atoms with Crippen molar-refractivity contribution in [3.8, 4) is 0 Å². The number of nitrogens with two attached hydrogens (primary N) is 1. The fourth-order valence-corrected chi connectivity index (χ4v) is 3.04. The molecule has 0 amide bonds. The minimum atomic E-state index is -0.00322. The lowest BCUT2D eigenvalue weighted by atomic mass is 10.1. The Morgan fingerprint density at radius 1 is 1.53 bits per heavy atom. The molecule has 0 bridgehead atoms. The quantitative estimate of drug-likeness (QED) is 0.660. The van der Waals surface area contributed by atoms with E-state index >= 15 is 0 Å². The molecule has 3 N–H and O–H groups in total. The van der Waals surface area contributed by atoms with Crippen molar-refractivity contribution in [2.24, 2.45) is 5.73 Å². The highest BCUT2D eigenvalue weighted by atomic mass is 35.5. The summed E-state index contributed by atoms with van der Waals surface area (Å²) in [4.78, 5) is 6.72. The van der Waals surface area contributed by atoms with Crippen LogP contribution in [-0.4, -0.2) is 23.4 Å². The molecule has 1 unspecified atom stereocenters. The number of pyridine rings is 1. The monoisotopic (exact) mass is 280 g/mol. The van der Waals surface area contributed by atoms with E-state index in [1.807, 2.05) is 0 Å². The SMILES string of the molecule is CCC1CCCCCN1c1nccc(C(=N)N)c1Cl. The van der Waals surface area contributed by atoms with Gasteiger partial charge in [-0.1, -0.05) is 31.4 Å². The average molecular weight is 281 g/mol. The number of hydrogen-bond donors (Lipinski definition) is 2. The summed E-state index contributed by atoms with van der Waals surface area (Å²) in [5.41, 5.74) is 6.14. The first-order valence-electron chi connectivity index (χ1n) is 6.90. The molecule has 1 fully saturated rings. The molecule has 2 rings (SSSR count). The smallest absolute Gasteiger partial charge is 0.148 e. The molecular formula is C14H21ClN4. The molecule has 1 aromatic rings. The molecule has 19 heavy (non-hydrogen) atoms. The van der Waals surface area contributed by atoms with Gasteiger partial charge in [0.05, 0.1) is 5.02 Å². The van der Waals surface area contributed by atoms with E-state index < -0.39 is 0 Å². The van der Waals surface area contributed by atoms with Gasteiger partial charge in [0.15, 0.2) is 0 Å². The van der Waals surface area contributed by atoms with Crippen LogP contribution in [0.4, 0.5) is 5.82 Å². The van der Waals surface area contributed by atoms with Gasteiger partial charge in [0.25, 0.3) is 0 Å². The Morgan fingerprint density at radius 2 is 2.32 bits per heavy atom. The topological polar surface area (TPSA) is 66.0 Å². The normalized spacial score (nSPS) is 20.1. The number of anilines is 1. The fourth-order valence-electron chi connectivity index (χ4n) is 2.72. The molecule has 4 nitrogen and oxygen atoms in total. The molecule has 0 aromatic carbocycles. The van der Waals surface area contributed by atoms with E-state index in [0.29, 0.717) is 16.6 Å². The molecule has 0 saturated carbocycles. The van der Waals surface area contributed by atoms with E-state index in [9.17, 15) is 0 Å². The van der Waals surface area contributed by atoms with Crippen LogP contribution < -0.4 is 10.6 Å². The van der Waals surface area contributed by atoms with Gasteiger partial charge in [0.2, 0.25) is 0 Å². The van der Waals surface area contributed by atoms with Crippen molar-refractivity contribution in [1.29, 1.82) is 5.41 Å². The van der Waals surface area contributed by atoms with Crippen molar-refractivity contribution in [2.75, 3.05) is 11.4 Å². The third-order valence-electron chi connectivity index (χ3n) is 3.78. The Labute approximate surface area is 119 Å². The summed E-state index contributed by atoms with van der Waals surface area (Å²) in [6, 6.07) is 2.18. The zero-order chi connectivity index (χ0) is 13.8. The van der Waals surface area contributed by atoms with Gasteiger partial charge in [-0.3, -0.25) is 5.41 Å². The van der Waals surface area contributed by atoms with Gasteiger partial charge in [0, 0.05) is 24.3 Å². The lowest BCUT2D eigenvalue weighted by Gasteiger charge is -2.31.